The predicted molar refractivity (Wildman–Crippen MR) is 109 cm³/mol. The minimum Gasteiger partial charge on any atom is -0.492 e. The minimum absolute atomic E-state index is 0.230. The summed E-state index contributed by atoms with van der Waals surface area (Å²) in [6.45, 7) is 7.61. The van der Waals surface area contributed by atoms with E-state index in [0.29, 0.717) is 10.6 Å². The smallest absolute Gasteiger partial charge is 0.241 e. The first-order valence-electron chi connectivity index (χ1n) is 9.07. The molecule has 7 heteroatoms. The van der Waals surface area contributed by atoms with E-state index in [1.54, 1.807) is 19.4 Å². The number of sulfonamides is 1. The highest BCUT2D eigenvalue weighted by Gasteiger charge is 2.22. The number of aryl methyl sites for hydroxylation is 3. The first-order valence-corrected chi connectivity index (χ1v) is 10.6. The molecule has 1 aromatic heterocycles. The first-order chi connectivity index (χ1) is 13.3. The molecule has 0 amide bonds. The van der Waals surface area contributed by atoms with Gasteiger partial charge in [-0.1, -0.05) is 17.7 Å². The second-order valence-electron chi connectivity index (χ2n) is 7.03. The molecule has 0 aliphatic rings. The topological polar surface area (TPSA) is 73.2 Å². The summed E-state index contributed by atoms with van der Waals surface area (Å²) in [5, 5.41) is 0. The summed E-state index contributed by atoms with van der Waals surface area (Å²) in [7, 11) is -3.62. The maximum atomic E-state index is 12.8. The van der Waals surface area contributed by atoms with Crippen molar-refractivity contribution in [3.05, 3.63) is 71.8 Å². The number of hydrogen-bond donors (Lipinski definition) is 1. The summed E-state index contributed by atoms with van der Waals surface area (Å²) in [6.07, 6.45) is 5.30. The number of nitrogens with one attached hydrogen (secondary N) is 1. The average Bonchev–Trinajstić information content (AvgIpc) is 3.13. The molecule has 6 nitrogen and oxygen atoms in total. The van der Waals surface area contributed by atoms with Crippen LogP contribution in [0.2, 0.25) is 0 Å². The maximum absolute atomic E-state index is 12.8. The molecule has 3 rings (SSSR count). The van der Waals surface area contributed by atoms with Crippen molar-refractivity contribution in [1.82, 2.24) is 14.3 Å². The zero-order valence-corrected chi connectivity index (χ0v) is 17.3. The van der Waals surface area contributed by atoms with Crippen LogP contribution in [-0.4, -0.2) is 30.6 Å². The SMILES string of the molecule is Cc1cc(C)c(S(=O)(=O)NC(C)COc2ccc(-n3ccnc3)cc2)c(C)c1. The zero-order valence-electron chi connectivity index (χ0n) is 16.5. The molecule has 0 saturated carbocycles. The molecule has 0 aliphatic heterocycles. The molecule has 3 aromatic rings. The highest BCUT2D eigenvalue weighted by Crippen LogP contribution is 2.22. The van der Waals surface area contributed by atoms with Gasteiger partial charge in [-0.15, -0.1) is 0 Å². The van der Waals surface area contributed by atoms with Crippen molar-refractivity contribution < 1.29 is 13.2 Å². The molecule has 1 unspecified atom stereocenters. The first kappa shape index (κ1) is 20.1. The molecule has 0 spiro atoms. The van der Waals surface area contributed by atoms with Gasteiger partial charge in [-0.25, -0.2) is 18.1 Å². The molecule has 0 saturated heterocycles. The lowest BCUT2D eigenvalue weighted by Crippen LogP contribution is -2.37. The molecule has 28 heavy (non-hydrogen) atoms. The third-order valence-corrected chi connectivity index (χ3v) is 6.26. The van der Waals surface area contributed by atoms with Gasteiger partial charge in [0.05, 0.1) is 17.3 Å². The van der Waals surface area contributed by atoms with E-state index >= 15 is 0 Å². The van der Waals surface area contributed by atoms with Gasteiger partial charge in [0, 0.05) is 18.1 Å². The van der Waals surface area contributed by atoms with Gasteiger partial charge in [-0.05, 0) is 63.1 Å². The van der Waals surface area contributed by atoms with E-state index in [1.807, 2.05) is 67.9 Å². The number of hydrogen-bond acceptors (Lipinski definition) is 4. The fourth-order valence-electron chi connectivity index (χ4n) is 3.30. The number of aromatic nitrogens is 2. The van der Waals surface area contributed by atoms with Crippen molar-refractivity contribution in [2.45, 2.75) is 38.6 Å². The maximum Gasteiger partial charge on any atom is 0.241 e. The number of rotatable bonds is 7. The van der Waals surface area contributed by atoms with Gasteiger partial charge in [0.1, 0.15) is 12.4 Å². The van der Waals surface area contributed by atoms with Crippen molar-refractivity contribution in [2.24, 2.45) is 0 Å². The number of imidazole rings is 1. The molecule has 1 heterocycles. The standard InChI is InChI=1S/C21H25N3O3S/c1-15-11-16(2)21(17(3)12-15)28(25,26)23-18(4)13-27-20-7-5-19(6-8-20)24-10-9-22-14-24/h5-12,14,18,23H,13H2,1-4H3. The number of nitrogens with zero attached hydrogens (tertiary/aromatic N) is 2. The van der Waals surface area contributed by atoms with Crippen LogP contribution in [0.15, 0.2) is 60.0 Å². The molecule has 0 aliphatic carbocycles. The van der Waals surface area contributed by atoms with Crippen LogP contribution in [0.5, 0.6) is 5.75 Å². The molecule has 1 atom stereocenters. The van der Waals surface area contributed by atoms with E-state index in [9.17, 15) is 8.42 Å². The van der Waals surface area contributed by atoms with E-state index < -0.39 is 10.0 Å². The lowest BCUT2D eigenvalue weighted by molar-refractivity contribution is 0.287. The van der Waals surface area contributed by atoms with Crippen molar-refractivity contribution in [3.63, 3.8) is 0 Å². The summed E-state index contributed by atoms with van der Waals surface area (Å²) >= 11 is 0. The van der Waals surface area contributed by atoms with Crippen LogP contribution in [0.1, 0.15) is 23.6 Å². The Kier molecular flexibility index (Phi) is 5.86. The highest BCUT2D eigenvalue weighted by molar-refractivity contribution is 7.89. The van der Waals surface area contributed by atoms with Crippen LogP contribution in [0.3, 0.4) is 0 Å². The van der Waals surface area contributed by atoms with Crippen LogP contribution < -0.4 is 9.46 Å². The van der Waals surface area contributed by atoms with Gasteiger partial charge >= 0.3 is 0 Å². The lowest BCUT2D eigenvalue weighted by atomic mass is 10.1. The van der Waals surface area contributed by atoms with Gasteiger partial charge in [0.2, 0.25) is 10.0 Å². The third-order valence-electron chi connectivity index (χ3n) is 4.37. The summed E-state index contributed by atoms with van der Waals surface area (Å²) in [5.41, 5.74) is 3.51. The fourth-order valence-corrected chi connectivity index (χ4v) is 4.98. The minimum atomic E-state index is -3.62. The monoisotopic (exact) mass is 399 g/mol. The van der Waals surface area contributed by atoms with Gasteiger partial charge in [0.15, 0.2) is 0 Å². The molecular formula is C21H25N3O3S. The van der Waals surface area contributed by atoms with E-state index in [4.69, 9.17) is 4.74 Å². The largest absolute Gasteiger partial charge is 0.492 e. The average molecular weight is 400 g/mol. The summed E-state index contributed by atoms with van der Waals surface area (Å²) < 4.78 is 36.0. The zero-order chi connectivity index (χ0) is 20.3. The van der Waals surface area contributed by atoms with Crippen molar-refractivity contribution >= 4 is 10.0 Å². The van der Waals surface area contributed by atoms with Crippen LogP contribution in [0.4, 0.5) is 0 Å². The Balaban J connectivity index is 1.63. The molecule has 148 valence electrons. The van der Waals surface area contributed by atoms with Gasteiger partial charge in [-0.3, -0.25) is 0 Å². The summed E-state index contributed by atoms with van der Waals surface area (Å²) in [4.78, 5) is 4.37. The second-order valence-corrected chi connectivity index (χ2v) is 8.68. The second kappa shape index (κ2) is 8.16. The third kappa shape index (κ3) is 4.61. The number of benzene rings is 2. The number of ether oxygens (including phenoxy) is 1. The fraction of sp³-hybridized carbons (Fsp3) is 0.286. The Labute approximate surface area is 166 Å². The van der Waals surface area contributed by atoms with E-state index in [1.165, 1.54) is 0 Å². The van der Waals surface area contributed by atoms with E-state index in [0.717, 1.165) is 22.4 Å². The quantitative estimate of drug-likeness (QED) is 0.659. The summed E-state index contributed by atoms with van der Waals surface area (Å²) in [6, 6.07) is 10.9. The summed E-state index contributed by atoms with van der Waals surface area (Å²) in [5.74, 6) is 0.678. The lowest BCUT2D eigenvalue weighted by Gasteiger charge is -2.18. The van der Waals surface area contributed by atoms with Crippen LogP contribution in [-0.2, 0) is 10.0 Å². The molecule has 0 fully saturated rings. The highest BCUT2D eigenvalue weighted by atomic mass is 32.2. The van der Waals surface area contributed by atoms with Gasteiger partial charge < -0.3 is 9.30 Å². The molecular weight excluding hydrogens is 374 g/mol. The van der Waals surface area contributed by atoms with Crippen LogP contribution in [0, 0.1) is 20.8 Å². The Hall–Kier alpha value is -2.64. The van der Waals surface area contributed by atoms with Crippen LogP contribution >= 0.6 is 0 Å². The Morgan fingerprint density at radius 2 is 1.75 bits per heavy atom. The Morgan fingerprint density at radius 1 is 1.11 bits per heavy atom. The molecule has 1 N–H and O–H groups in total. The predicted octanol–water partition coefficient (Wildman–Crippen LogP) is 3.54. The van der Waals surface area contributed by atoms with Crippen LogP contribution in [0.25, 0.3) is 5.69 Å². The van der Waals surface area contributed by atoms with Gasteiger partial charge in [0.25, 0.3) is 0 Å². The van der Waals surface area contributed by atoms with Crippen molar-refractivity contribution in [1.29, 1.82) is 0 Å². The Morgan fingerprint density at radius 3 is 2.32 bits per heavy atom. The molecule has 0 bridgehead atoms. The van der Waals surface area contributed by atoms with Crippen molar-refractivity contribution in [2.75, 3.05) is 6.61 Å². The van der Waals surface area contributed by atoms with Crippen molar-refractivity contribution in [3.8, 4) is 11.4 Å². The Bertz CT molecular complexity index is 1020. The van der Waals surface area contributed by atoms with Gasteiger partial charge in [-0.2, -0.15) is 0 Å². The van der Waals surface area contributed by atoms with E-state index in [2.05, 4.69) is 9.71 Å². The van der Waals surface area contributed by atoms with E-state index in [-0.39, 0.29) is 12.6 Å². The normalized spacial score (nSPS) is 12.7. The molecule has 2 aromatic carbocycles. The molecule has 0 radical (unpaired) electrons.